The molecule has 1 aliphatic carbocycles. The second-order valence-electron chi connectivity index (χ2n) is 5.79. The number of phenolic OH excluding ortho intramolecular Hbond substituents is 1. The van der Waals surface area contributed by atoms with Crippen LogP contribution < -0.4 is 0 Å². The predicted molar refractivity (Wildman–Crippen MR) is 87.0 cm³/mol. The highest BCUT2D eigenvalue weighted by atomic mass is 16.3. The van der Waals surface area contributed by atoms with E-state index in [4.69, 9.17) is 4.99 Å². The van der Waals surface area contributed by atoms with Gasteiger partial charge in [-0.3, -0.25) is 4.99 Å². The van der Waals surface area contributed by atoms with Crippen LogP contribution in [0.1, 0.15) is 30.4 Å². The zero-order valence-electron chi connectivity index (χ0n) is 12.2. The maximum atomic E-state index is 9.79. The van der Waals surface area contributed by atoms with Crippen LogP contribution in [0, 0.1) is 5.92 Å². The van der Waals surface area contributed by atoms with Crippen LogP contribution in [0.2, 0.25) is 0 Å². The number of benzene rings is 2. The van der Waals surface area contributed by atoms with Gasteiger partial charge < -0.3 is 5.11 Å². The van der Waals surface area contributed by atoms with E-state index in [2.05, 4.69) is 30.3 Å². The summed E-state index contributed by atoms with van der Waals surface area (Å²) in [4.78, 5) is 4.75. The minimum atomic E-state index is 0.304. The first kappa shape index (κ1) is 13.9. The highest BCUT2D eigenvalue weighted by Crippen LogP contribution is 2.31. The van der Waals surface area contributed by atoms with Gasteiger partial charge in [-0.2, -0.15) is 0 Å². The lowest BCUT2D eigenvalue weighted by Gasteiger charge is -2.15. The standard InChI is InChI=1S/C19H21NO/c21-19-12-5-4-9-17(19)14-20-18-11-6-10-16(18)13-15-7-2-1-3-8-15/h1-5,7-9,12,14,16,18,21H,6,10-11,13H2/t16-,18-/m0/s1. The average Bonchev–Trinajstić information content (AvgIpc) is 2.95. The largest absolute Gasteiger partial charge is 0.507 e. The summed E-state index contributed by atoms with van der Waals surface area (Å²) in [6.07, 6.45) is 6.59. The summed E-state index contributed by atoms with van der Waals surface area (Å²) in [6, 6.07) is 18.4. The summed E-state index contributed by atoms with van der Waals surface area (Å²) >= 11 is 0. The molecule has 2 aromatic rings. The maximum absolute atomic E-state index is 9.79. The van der Waals surface area contributed by atoms with Crippen molar-refractivity contribution < 1.29 is 5.11 Å². The third-order valence-corrected chi connectivity index (χ3v) is 4.30. The third-order valence-electron chi connectivity index (χ3n) is 4.30. The normalized spacial score (nSPS) is 21.9. The van der Waals surface area contributed by atoms with Gasteiger partial charge in [0, 0.05) is 11.8 Å². The molecule has 2 atom stereocenters. The molecule has 0 amide bonds. The molecule has 21 heavy (non-hydrogen) atoms. The Kier molecular flexibility index (Phi) is 4.34. The molecule has 2 aromatic carbocycles. The molecule has 0 unspecified atom stereocenters. The van der Waals surface area contributed by atoms with Crippen LogP contribution in [-0.2, 0) is 6.42 Å². The molecular weight excluding hydrogens is 258 g/mol. The van der Waals surface area contributed by atoms with Gasteiger partial charge in [0.1, 0.15) is 5.75 Å². The van der Waals surface area contributed by atoms with Crippen molar-refractivity contribution in [3.8, 4) is 5.75 Å². The van der Waals surface area contributed by atoms with Crippen molar-refractivity contribution in [1.82, 2.24) is 0 Å². The fraction of sp³-hybridized carbons (Fsp3) is 0.316. The van der Waals surface area contributed by atoms with Gasteiger partial charge in [-0.05, 0) is 42.9 Å². The number of hydrogen-bond acceptors (Lipinski definition) is 2. The topological polar surface area (TPSA) is 32.6 Å². The summed E-state index contributed by atoms with van der Waals surface area (Å²) in [5, 5.41) is 9.79. The summed E-state index contributed by atoms with van der Waals surface area (Å²) in [7, 11) is 0. The fourth-order valence-electron chi connectivity index (χ4n) is 3.14. The van der Waals surface area contributed by atoms with Crippen molar-refractivity contribution in [2.24, 2.45) is 10.9 Å². The second-order valence-corrected chi connectivity index (χ2v) is 5.79. The van der Waals surface area contributed by atoms with Crippen molar-refractivity contribution >= 4 is 6.21 Å². The van der Waals surface area contributed by atoms with E-state index >= 15 is 0 Å². The van der Waals surface area contributed by atoms with Crippen LogP contribution in [-0.4, -0.2) is 17.4 Å². The first-order valence-corrected chi connectivity index (χ1v) is 7.68. The minimum absolute atomic E-state index is 0.304. The molecule has 1 N–H and O–H groups in total. The number of rotatable bonds is 4. The Labute approximate surface area is 126 Å². The van der Waals surface area contributed by atoms with E-state index in [0.29, 0.717) is 17.7 Å². The summed E-state index contributed by atoms with van der Waals surface area (Å²) in [6.45, 7) is 0. The molecular formula is C19H21NO. The maximum Gasteiger partial charge on any atom is 0.124 e. The zero-order valence-corrected chi connectivity index (χ0v) is 12.2. The van der Waals surface area contributed by atoms with Gasteiger partial charge >= 0.3 is 0 Å². The summed E-state index contributed by atoms with van der Waals surface area (Å²) in [5.41, 5.74) is 2.20. The van der Waals surface area contributed by atoms with Crippen molar-refractivity contribution in [2.75, 3.05) is 0 Å². The first-order chi connectivity index (χ1) is 10.3. The van der Waals surface area contributed by atoms with Crippen molar-refractivity contribution in [3.63, 3.8) is 0 Å². The predicted octanol–water partition coefficient (Wildman–Crippen LogP) is 4.22. The molecule has 1 fully saturated rings. The Balaban J connectivity index is 1.68. The van der Waals surface area contributed by atoms with Crippen molar-refractivity contribution in [1.29, 1.82) is 0 Å². The fourth-order valence-corrected chi connectivity index (χ4v) is 3.14. The Morgan fingerprint density at radius 1 is 1.00 bits per heavy atom. The Bertz CT molecular complexity index is 606. The van der Waals surface area contributed by atoms with Crippen LogP contribution in [0.5, 0.6) is 5.75 Å². The smallest absolute Gasteiger partial charge is 0.124 e. The van der Waals surface area contributed by atoms with E-state index in [1.807, 2.05) is 24.4 Å². The van der Waals surface area contributed by atoms with Gasteiger partial charge in [0.25, 0.3) is 0 Å². The first-order valence-electron chi connectivity index (χ1n) is 7.68. The molecule has 0 radical (unpaired) electrons. The van der Waals surface area contributed by atoms with Crippen LogP contribution in [0.3, 0.4) is 0 Å². The van der Waals surface area contributed by atoms with E-state index in [1.54, 1.807) is 6.07 Å². The molecule has 0 saturated heterocycles. The lowest BCUT2D eigenvalue weighted by Crippen LogP contribution is -2.14. The lowest BCUT2D eigenvalue weighted by atomic mass is 9.95. The van der Waals surface area contributed by atoms with Gasteiger partial charge in [-0.1, -0.05) is 48.9 Å². The Morgan fingerprint density at radius 3 is 2.57 bits per heavy atom. The van der Waals surface area contributed by atoms with Crippen molar-refractivity contribution in [2.45, 2.75) is 31.7 Å². The number of aliphatic imine (C=N–C) groups is 1. The van der Waals surface area contributed by atoms with Crippen LogP contribution in [0.25, 0.3) is 0 Å². The van der Waals surface area contributed by atoms with E-state index in [9.17, 15) is 5.11 Å². The molecule has 0 aliphatic heterocycles. The highest BCUT2D eigenvalue weighted by Gasteiger charge is 2.26. The molecule has 0 spiro atoms. The number of phenols is 1. The summed E-state index contributed by atoms with van der Waals surface area (Å²) < 4.78 is 0. The van der Waals surface area contributed by atoms with Gasteiger partial charge in [0.15, 0.2) is 0 Å². The number of hydrogen-bond donors (Lipinski definition) is 1. The van der Waals surface area contributed by atoms with E-state index in [-0.39, 0.29) is 0 Å². The molecule has 0 aromatic heterocycles. The van der Waals surface area contributed by atoms with Crippen LogP contribution in [0.4, 0.5) is 0 Å². The minimum Gasteiger partial charge on any atom is -0.507 e. The van der Waals surface area contributed by atoms with Crippen LogP contribution >= 0.6 is 0 Å². The molecule has 3 rings (SSSR count). The Morgan fingerprint density at radius 2 is 1.76 bits per heavy atom. The van der Waals surface area contributed by atoms with E-state index in [0.717, 1.165) is 18.4 Å². The number of nitrogens with zero attached hydrogens (tertiary/aromatic N) is 1. The molecule has 1 saturated carbocycles. The molecule has 2 heteroatoms. The van der Waals surface area contributed by atoms with Gasteiger partial charge in [-0.15, -0.1) is 0 Å². The number of para-hydroxylation sites is 1. The molecule has 0 heterocycles. The molecule has 2 nitrogen and oxygen atoms in total. The quantitative estimate of drug-likeness (QED) is 0.835. The molecule has 108 valence electrons. The van der Waals surface area contributed by atoms with Gasteiger partial charge in [0.05, 0.1) is 6.04 Å². The number of aromatic hydroxyl groups is 1. The SMILES string of the molecule is Oc1ccccc1C=N[C@H]1CCC[C@H]1Cc1ccccc1. The van der Waals surface area contributed by atoms with Crippen molar-refractivity contribution in [3.05, 3.63) is 65.7 Å². The van der Waals surface area contributed by atoms with Gasteiger partial charge in [-0.25, -0.2) is 0 Å². The van der Waals surface area contributed by atoms with Crippen LogP contribution in [0.15, 0.2) is 59.6 Å². The molecule has 0 bridgehead atoms. The molecule has 1 aliphatic rings. The monoisotopic (exact) mass is 279 g/mol. The van der Waals surface area contributed by atoms with E-state index < -0.39 is 0 Å². The second kappa shape index (κ2) is 6.57. The zero-order chi connectivity index (χ0) is 14.5. The lowest BCUT2D eigenvalue weighted by molar-refractivity contribution is 0.472. The van der Waals surface area contributed by atoms with Gasteiger partial charge in [0.2, 0.25) is 0 Å². The third kappa shape index (κ3) is 3.52. The average molecular weight is 279 g/mol. The highest BCUT2D eigenvalue weighted by molar-refractivity contribution is 5.83. The summed E-state index contributed by atoms with van der Waals surface area (Å²) in [5.74, 6) is 0.924. The Hall–Kier alpha value is -2.09. The van der Waals surface area contributed by atoms with E-state index in [1.165, 1.54) is 18.4 Å².